The zero-order chi connectivity index (χ0) is 23.8. The molecule has 6 nitrogen and oxygen atoms in total. The number of phenolic OH excluding ortho intramolecular Hbond substituents is 1. The van der Waals surface area contributed by atoms with Crippen LogP contribution >= 0.6 is 12.2 Å². The smallest absolute Gasteiger partial charge is 0.165 e. The van der Waals surface area contributed by atoms with E-state index in [0.29, 0.717) is 18.8 Å². The van der Waals surface area contributed by atoms with Crippen molar-refractivity contribution in [1.82, 2.24) is 4.90 Å². The van der Waals surface area contributed by atoms with Crippen molar-refractivity contribution in [2.75, 3.05) is 13.1 Å². The van der Waals surface area contributed by atoms with Crippen LogP contribution in [0.15, 0.2) is 41.4 Å². The van der Waals surface area contributed by atoms with E-state index in [1.54, 1.807) is 6.07 Å². The van der Waals surface area contributed by atoms with Gasteiger partial charge in [-0.25, -0.2) is 0 Å². The number of piperidine rings is 1. The van der Waals surface area contributed by atoms with Crippen molar-refractivity contribution in [3.8, 4) is 11.5 Å². The highest BCUT2D eigenvalue weighted by atomic mass is 32.1. The molecule has 2 aliphatic heterocycles. The molecule has 182 valence electrons. The molecule has 0 amide bonds. The van der Waals surface area contributed by atoms with Crippen LogP contribution in [0.2, 0.25) is 0 Å². The minimum atomic E-state index is -0.878. The highest BCUT2D eigenvalue weighted by Gasteiger charge is 2.73. The Bertz CT molecular complexity index is 1220. The van der Waals surface area contributed by atoms with Crippen molar-refractivity contribution in [1.29, 1.82) is 0 Å². The van der Waals surface area contributed by atoms with Gasteiger partial charge in [0.15, 0.2) is 11.5 Å². The van der Waals surface area contributed by atoms with E-state index in [2.05, 4.69) is 27.3 Å². The van der Waals surface area contributed by atoms with E-state index in [0.717, 1.165) is 55.1 Å². The van der Waals surface area contributed by atoms with Crippen LogP contribution in [0.5, 0.6) is 11.5 Å². The molecule has 7 rings (SSSR count). The van der Waals surface area contributed by atoms with E-state index in [-0.39, 0.29) is 24.0 Å². The standard InChI is InChI=1S/C28H30N2O4S/c31-21-8-5-19-13-23-28(32)10-9-22(33-15-18-3-6-20(7-4-18)29-16-35)26-27(28,24(19)25(21)34-26)11-12-30(23)14-17-1-2-17/h3-8,17,22-23,26,31-32H,1-2,9-15H2/t22-,23?,26+,27?,28-/m1/s1. The summed E-state index contributed by atoms with van der Waals surface area (Å²) in [6, 6.07) is 11.7. The maximum absolute atomic E-state index is 12.5. The van der Waals surface area contributed by atoms with Crippen molar-refractivity contribution in [3.05, 3.63) is 53.1 Å². The van der Waals surface area contributed by atoms with Gasteiger partial charge in [0.05, 0.1) is 34.6 Å². The lowest BCUT2D eigenvalue weighted by Gasteiger charge is -2.64. The van der Waals surface area contributed by atoms with Crippen LogP contribution in [0.25, 0.3) is 0 Å². The van der Waals surface area contributed by atoms with Gasteiger partial charge in [0.25, 0.3) is 0 Å². The molecule has 0 radical (unpaired) electrons. The van der Waals surface area contributed by atoms with Gasteiger partial charge in [0.2, 0.25) is 0 Å². The number of rotatable bonds is 6. The molecule has 2 saturated carbocycles. The Morgan fingerprint density at radius 2 is 1.97 bits per heavy atom. The topological polar surface area (TPSA) is 74.5 Å². The fourth-order valence-electron chi connectivity index (χ4n) is 7.53. The lowest BCUT2D eigenvalue weighted by molar-refractivity contribution is -0.217. The van der Waals surface area contributed by atoms with Crippen molar-refractivity contribution < 1.29 is 19.7 Å². The number of thiocarbonyl (C=S) groups is 1. The molecule has 1 saturated heterocycles. The quantitative estimate of drug-likeness (QED) is 0.465. The molecular weight excluding hydrogens is 460 g/mol. The molecule has 0 aromatic heterocycles. The van der Waals surface area contributed by atoms with Gasteiger partial charge in [-0.2, -0.15) is 4.99 Å². The summed E-state index contributed by atoms with van der Waals surface area (Å²) < 4.78 is 13.1. The summed E-state index contributed by atoms with van der Waals surface area (Å²) in [7, 11) is 0. The number of aliphatic hydroxyl groups is 1. The van der Waals surface area contributed by atoms with Crippen LogP contribution in [0.1, 0.15) is 48.8 Å². The predicted molar refractivity (Wildman–Crippen MR) is 134 cm³/mol. The maximum atomic E-state index is 12.5. The number of aromatic hydroxyl groups is 1. The second-order valence-electron chi connectivity index (χ2n) is 11.0. The molecule has 35 heavy (non-hydrogen) atoms. The zero-order valence-corrected chi connectivity index (χ0v) is 20.5. The second-order valence-corrected chi connectivity index (χ2v) is 11.2. The van der Waals surface area contributed by atoms with Crippen LogP contribution in [-0.2, 0) is 23.2 Å². The van der Waals surface area contributed by atoms with Gasteiger partial charge < -0.3 is 19.7 Å². The van der Waals surface area contributed by atoms with E-state index >= 15 is 0 Å². The van der Waals surface area contributed by atoms with Crippen molar-refractivity contribution in [2.24, 2.45) is 10.9 Å². The Hall–Kier alpha value is -2.28. The molecule has 1 spiro atoms. The molecule has 2 aromatic rings. The lowest BCUT2D eigenvalue weighted by atomic mass is 9.48. The largest absolute Gasteiger partial charge is 0.504 e. The number of benzene rings is 2. The normalized spacial score (nSPS) is 34.6. The first-order valence-corrected chi connectivity index (χ1v) is 13.2. The van der Waals surface area contributed by atoms with Crippen molar-refractivity contribution >= 4 is 23.1 Å². The molecular formula is C28H30N2O4S. The first-order valence-electron chi connectivity index (χ1n) is 12.8. The summed E-state index contributed by atoms with van der Waals surface area (Å²) in [6.07, 6.45) is 5.18. The highest BCUT2D eigenvalue weighted by molar-refractivity contribution is 7.78. The van der Waals surface area contributed by atoms with Gasteiger partial charge in [-0.1, -0.05) is 18.2 Å². The number of hydrogen-bond donors (Lipinski definition) is 2. The summed E-state index contributed by atoms with van der Waals surface area (Å²) >= 11 is 4.69. The Labute approximate surface area is 210 Å². The average molecular weight is 491 g/mol. The third-order valence-corrected chi connectivity index (χ3v) is 9.37. The van der Waals surface area contributed by atoms with Gasteiger partial charge in [-0.15, -0.1) is 0 Å². The van der Waals surface area contributed by atoms with Crippen LogP contribution in [0.4, 0.5) is 5.69 Å². The van der Waals surface area contributed by atoms with E-state index in [1.165, 1.54) is 18.4 Å². The zero-order valence-electron chi connectivity index (χ0n) is 19.7. The number of isothiocyanates is 1. The average Bonchev–Trinajstić information content (AvgIpc) is 3.60. The molecule has 5 aliphatic rings. The minimum Gasteiger partial charge on any atom is -0.504 e. The summed E-state index contributed by atoms with van der Waals surface area (Å²) in [5.41, 5.74) is 2.66. The molecule has 7 heteroatoms. The van der Waals surface area contributed by atoms with Crippen molar-refractivity contribution in [2.45, 2.75) is 74.4 Å². The number of nitrogens with zero attached hydrogens (tertiary/aromatic N) is 2. The molecule has 2 bridgehead atoms. The molecule has 2 unspecified atom stereocenters. The summed E-state index contributed by atoms with van der Waals surface area (Å²) in [6.45, 7) is 2.48. The summed E-state index contributed by atoms with van der Waals surface area (Å²) in [4.78, 5) is 6.57. The maximum Gasteiger partial charge on any atom is 0.165 e. The van der Waals surface area contributed by atoms with Crippen molar-refractivity contribution in [3.63, 3.8) is 0 Å². The first-order chi connectivity index (χ1) is 17.0. The molecule has 2 heterocycles. The van der Waals surface area contributed by atoms with Crippen LogP contribution < -0.4 is 4.74 Å². The number of aliphatic imine (C=N–C) groups is 1. The van der Waals surface area contributed by atoms with Gasteiger partial charge in [-0.05, 0) is 92.5 Å². The monoisotopic (exact) mass is 490 g/mol. The Balaban J connectivity index is 1.23. The van der Waals surface area contributed by atoms with Gasteiger partial charge in [0, 0.05) is 18.2 Å². The molecule has 3 fully saturated rings. The second kappa shape index (κ2) is 7.86. The minimum absolute atomic E-state index is 0.0844. The van der Waals surface area contributed by atoms with Gasteiger partial charge in [-0.3, -0.25) is 4.90 Å². The SMILES string of the molecule is Oc1ccc2c3c1O[C@H]1[C@H](OCc4ccc(N=C=S)cc4)CC[C@@]4(O)C(C2)N(CC2CC2)CCC314. The molecule has 5 atom stereocenters. The predicted octanol–water partition coefficient (Wildman–Crippen LogP) is 4.28. The number of phenols is 1. The van der Waals surface area contributed by atoms with Crippen LogP contribution in [0, 0.1) is 5.92 Å². The van der Waals surface area contributed by atoms with Gasteiger partial charge in [0.1, 0.15) is 6.10 Å². The van der Waals surface area contributed by atoms with Gasteiger partial charge >= 0.3 is 0 Å². The lowest BCUT2D eigenvalue weighted by Crippen LogP contribution is -2.77. The number of likely N-dealkylation sites (tertiary alicyclic amines) is 1. The van der Waals surface area contributed by atoms with E-state index in [1.807, 2.05) is 30.3 Å². The first kappa shape index (κ1) is 22.0. The summed E-state index contributed by atoms with van der Waals surface area (Å²) in [5, 5.41) is 25.7. The highest BCUT2D eigenvalue weighted by Crippen LogP contribution is 2.65. The Kier molecular flexibility index (Phi) is 4.93. The third kappa shape index (κ3) is 3.12. The van der Waals surface area contributed by atoms with E-state index < -0.39 is 11.0 Å². The van der Waals surface area contributed by atoms with Crippen LogP contribution in [-0.4, -0.2) is 57.2 Å². The fraction of sp³-hybridized carbons (Fsp3) is 0.536. The number of hydrogen-bond acceptors (Lipinski definition) is 7. The molecule has 2 aromatic carbocycles. The van der Waals surface area contributed by atoms with Crippen LogP contribution in [0.3, 0.4) is 0 Å². The fourth-order valence-corrected chi connectivity index (χ4v) is 7.63. The van der Waals surface area contributed by atoms with E-state index in [4.69, 9.17) is 9.47 Å². The summed E-state index contributed by atoms with van der Waals surface area (Å²) in [5.74, 6) is 1.51. The Morgan fingerprint density at radius 3 is 2.74 bits per heavy atom. The Morgan fingerprint density at radius 1 is 1.14 bits per heavy atom. The molecule has 3 aliphatic carbocycles. The number of ether oxygens (including phenoxy) is 2. The molecule has 2 N–H and O–H groups in total. The van der Waals surface area contributed by atoms with E-state index in [9.17, 15) is 10.2 Å². The third-order valence-electron chi connectivity index (χ3n) is 9.28.